The molecule has 0 bridgehead atoms. The van der Waals surface area contributed by atoms with Gasteiger partial charge in [-0.1, -0.05) is 146 Å². The van der Waals surface area contributed by atoms with E-state index >= 15 is 0 Å². The van der Waals surface area contributed by atoms with Crippen LogP contribution >= 0.6 is 0 Å². The molecule has 0 spiro atoms. The highest BCUT2D eigenvalue weighted by Gasteiger charge is 2.17. The summed E-state index contributed by atoms with van der Waals surface area (Å²) in [5.74, 6) is 1.95. The summed E-state index contributed by atoms with van der Waals surface area (Å²) in [7, 11) is 0. The minimum absolute atomic E-state index is 0.642. The van der Waals surface area contributed by atoms with Crippen molar-refractivity contribution in [3.8, 4) is 45.3 Å². The van der Waals surface area contributed by atoms with Crippen LogP contribution in [0, 0.1) is 0 Å². The van der Waals surface area contributed by atoms with Crippen LogP contribution in [0.3, 0.4) is 0 Å². The molecule has 0 unspecified atom stereocenters. The Balaban J connectivity index is 1.13. The second-order valence-corrected chi connectivity index (χ2v) is 12.3. The number of hydrogen-bond acceptors (Lipinski definition) is 4. The van der Waals surface area contributed by atoms with Crippen LogP contribution in [-0.2, 0) is 0 Å². The van der Waals surface area contributed by atoms with Crippen molar-refractivity contribution in [2.24, 2.45) is 0 Å². The molecule has 0 saturated carbocycles. The molecule has 0 radical (unpaired) electrons. The maximum atomic E-state index is 5.19. The molecule has 0 aliphatic heterocycles. The third-order valence-electron chi connectivity index (χ3n) is 9.42. The largest absolute Gasteiger partial charge is 0.292 e. The van der Waals surface area contributed by atoms with Crippen molar-refractivity contribution in [2.45, 2.75) is 0 Å². The summed E-state index contributed by atoms with van der Waals surface area (Å²) < 4.78 is 2.33. The fourth-order valence-corrected chi connectivity index (χ4v) is 7.05. The number of hydrogen-bond donors (Lipinski definition) is 0. The molecule has 49 heavy (non-hydrogen) atoms. The Labute approximate surface area is 281 Å². The highest BCUT2D eigenvalue weighted by molar-refractivity contribution is 6.23. The Morgan fingerprint density at radius 2 is 0.898 bits per heavy atom. The Bertz CT molecular complexity index is 2800. The normalized spacial score (nSPS) is 11.7. The monoisotopic (exact) mass is 625 g/mol. The van der Waals surface area contributed by atoms with Gasteiger partial charge in [-0.15, -0.1) is 0 Å². The molecule has 5 heteroatoms. The molecule has 5 nitrogen and oxygen atoms in total. The summed E-state index contributed by atoms with van der Waals surface area (Å²) >= 11 is 0. The SMILES string of the molecule is c1ccc(-c2nc(-c3ccccc3)nc(-c3ccc(-c4ccc5c6ccc7ccccc7c6c6nc7ccccc7n6c5c4)cc3)n2)cc1. The van der Waals surface area contributed by atoms with Gasteiger partial charge in [0.25, 0.3) is 0 Å². The van der Waals surface area contributed by atoms with Gasteiger partial charge in [0.1, 0.15) is 5.65 Å². The maximum absolute atomic E-state index is 5.19. The maximum Gasteiger partial charge on any atom is 0.164 e. The topological polar surface area (TPSA) is 56.0 Å². The van der Waals surface area contributed by atoms with Crippen LogP contribution in [0.5, 0.6) is 0 Å². The first-order valence-corrected chi connectivity index (χ1v) is 16.4. The van der Waals surface area contributed by atoms with E-state index in [4.69, 9.17) is 19.9 Å². The van der Waals surface area contributed by atoms with Crippen molar-refractivity contribution in [3.63, 3.8) is 0 Å². The van der Waals surface area contributed by atoms with Crippen LogP contribution < -0.4 is 0 Å². The molecule has 0 saturated heterocycles. The van der Waals surface area contributed by atoms with E-state index in [0.717, 1.165) is 50.0 Å². The van der Waals surface area contributed by atoms with E-state index in [0.29, 0.717) is 17.5 Å². The number of fused-ring (bicyclic) bond motifs is 10. The minimum Gasteiger partial charge on any atom is -0.292 e. The van der Waals surface area contributed by atoms with Gasteiger partial charge in [0.05, 0.1) is 16.6 Å². The van der Waals surface area contributed by atoms with E-state index in [1.165, 1.54) is 26.9 Å². The first kappa shape index (κ1) is 27.4. The summed E-state index contributed by atoms with van der Waals surface area (Å²) in [5, 5.41) is 6.01. The highest BCUT2D eigenvalue weighted by Crippen LogP contribution is 2.38. The van der Waals surface area contributed by atoms with Gasteiger partial charge in [0.15, 0.2) is 17.5 Å². The van der Waals surface area contributed by atoms with E-state index in [1.54, 1.807) is 0 Å². The van der Waals surface area contributed by atoms with Gasteiger partial charge in [0.2, 0.25) is 0 Å². The minimum atomic E-state index is 0.642. The van der Waals surface area contributed by atoms with Gasteiger partial charge in [0, 0.05) is 27.5 Å². The number of imidazole rings is 1. The van der Waals surface area contributed by atoms with Crippen molar-refractivity contribution >= 4 is 49.1 Å². The van der Waals surface area contributed by atoms with Crippen LogP contribution in [0.15, 0.2) is 164 Å². The molecule has 7 aromatic carbocycles. The van der Waals surface area contributed by atoms with Crippen LogP contribution in [0.25, 0.3) is 94.4 Å². The molecular weight excluding hydrogens is 599 g/mol. The average molecular weight is 626 g/mol. The first-order chi connectivity index (χ1) is 24.3. The fraction of sp³-hybridized carbons (Fsp3) is 0. The summed E-state index contributed by atoms with van der Waals surface area (Å²) in [6.07, 6.45) is 0. The lowest BCUT2D eigenvalue weighted by Gasteiger charge is -2.13. The summed E-state index contributed by atoms with van der Waals surface area (Å²) in [5.41, 5.74) is 9.28. The summed E-state index contributed by atoms with van der Waals surface area (Å²) in [4.78, 5) is 19.9. The van der Waals surface area contributed by atoms with Gasteiger partial charge < -0.3 is 0 Å². The zero-order valence-corrected chi connectivity index (χ0v) is 26.3. The number of pyridine rings is 1. The zero-order chi connectivity index (χ0) is 32.3. The Hall–Kier alpha value is -6.72. The first-order valence-electron chi connectivity index (χ1n) is 16.4. The van der Waals surface area contributed by atoms with Gasteiger partial charge in [-0.3, -0.25) is 4.40 Å². The fourth-order valence-electron chi connectivity index (χ4n) is 7.05. The number of nitrogens with zero attached hydrogens (tertiary/aromatic N) is 5. The van der Waals surface area contributed by atoms with Crippen LogP contribution in [0.4, 0.5) is 0 Å². The highest BCUT2D eigenvalue weighted by atomic mass is 15.0. The second-order valence-electron chi connectivity index (χ2n) is 12.3. The predicted molar refractivity (Wildman–Crippen MR) is 200 cm³/mol. The number of rotatable bonds is 4. The summed E-state index contributed by atoms with van der Waals surface area (Å²) in [6, 6.07) is 56.9. The molecule has 10 aromatic rings. The molecule has 0 amide bonds. The quantitative estimate of drug-likeness (QED) is 0.183. The zero-order valence-electron chi connectivity index (χ0n) is 26.3. The lowest BCUT2D eigenvalue weighted by molar-refractivity contribution is 1.07. The third kappa shape index (κ3) is 4.48. The van der Waals surface area contributed by atoms with Crippen molar-refractivity contribution in [3.05, 3.63) is 164 Å². The van der Waals surface area contributed by atoms with Gasteiger partial charge in [-0.2, -0.15) is 0 Å². The molecule has 0 aliphatic rings. The lowest BCUT2D eigenvalue weighted by Crippen LogP contribution is -2.00. The van der Waals surface area contributed by atoms with Crippen LogP contribution in [0.1, 0.15) is 0 Å². The number of benzene rings is 7. The van der Waals surface area contributed by atoms with E-state index in [2.05, 4.69) is 108 Å². The second kappa shape index (κ2) is 10.9. The molecule has 228 valence electrons. The number of para-hydroxylation sites is 2. The van der Waals surface area contributed by atoms with E-state index in [9.17, 15) is 0 Å². The van der Waals surface area contributed by atoms with Gasteiger partial charge in [-0.25, -0.2) is 19.9 Å². The molecule has 3 aromatic heterocycles. The Kier molecular flexibility index (Phi) is 6.11. The van der Waals surface area contributed by atoms with Crippen molar-refractivity contribution in [1.82, 2.24) is 24.3 Å². The van der Waals surface area contributed by atoms with Gasteiger partial charge >= 0.3 is 0 Å². The van der Waals surface area contributed by atoms with Gasteiger partial charge in [-0.05, 0) is 45.5 Å². The number of aromatic nitrogens is 5. The smallest absolute Gasteiger partial charge is 0.164 e. The molecule has 3 heterocycles. The molecule has 10 rings (SSSR count). The van der Waals surface area contributed by atoms with Crippen LogP contribution in [-0.4, -0.2) is 24.3 Å². The van der Waals surface area contributed by atoms with Crippen molar-refractivity contribution < 1.29 is 0 Å². The van der Waals surface area contributed by atoms with Crippen molar-refractivity contribution in [1.29, 1.82) is 0 Å². The summed E-state index contributed by atoms with van der Waals surface area (Å²) in [6.45, 7) is 0. The molecule has 0 N–H and O–H groups in total. The van der Waals surface area contributed by atoms with E-state index < -0.39 is 0 Å². The Morgan fingerprint density at radius 1 is 0.347 bits per heavy atom. The predicted octanol–water partition coefficient (Wildman–Crippen LogP) is 10.8. The molecule has 0 atom stereocenters. The molecular formula is C44H27N5. The standard InChI is InChI=1S/C44H27N5/c1-3-12-30(13-4-1)41-46-42(31-14-5-2-6-15-31)48-43(47-41)32-21-19-28(20-22-32)33-24-25-35-36-26-23-29-11-7-8-16-34(29)40(36)44-45-37-17-9-10-18-38(37)49(44)39(35)27-33/h1-27H. The van der Waals surface area contributed by atoms with E-state index in [1.807, 2.05) is 60.7 Å². The van der Waals surface area contributed by atoms with Crippen molar-refractivity contribution in [2.75, 3.05) is 0 Å². The Morgan fingerprint density at radius 3 is 1.61 bits per heavy atom. The van der Waals surface area contributed by atoms with E-state index in [-0.39, 0.29) is 0 Å². The molecule has 0 aliphatic carbocycles. The third-order valence-corrected chi connectivity index (χ3v) is 9.42. The lowest BCUT2D eigenvalue weighted by atomic mass is 9.97. The van der Waals surface area contributed by atoms with Crippen LogP contribution in [0.2, 0.25) is 0 Å². The molecule has 0 fully saturated rings. The average Bonchev–Trinajstić information content (AvgIpc) is 3.58.